The van der Waals surface area contributed by atoms with Gasteiger partial charge in [-0.15, -0.1) is 0 Å². The number of carbonyl (C=O) groups is 1. The Bertz CT molecular complexity index is 894. The molecule has 0 atom stereocenters. The minimum Gasteiger partial charge on any atom is -0.497 e. The summed E-state index contributed by atoms with van der Waals surface area (Å²) in [6.45, 7) is 0. The number of ketones is 1. The number of methoxy groups -OCH3 is 1. The van der Waals surface area contributed by atoms with Crippen molar-refractivity contribution >= 4 is 23.6 Å². The lowest BCUT2D eigenvalue weighted by atomic mass is 9.87. The van der Waals surface area contributed by atoms with Gasteiger partial charge in [-0.05, 0) is 66.8 Å². The van der Waals surface area contributed by atoms with Crippen LogP contribution in [0.25, 0.3) is 12.2 Å². The van der Waals surface area contributed by atoms with Gasteiger partial charge in [0.15, 0.2) is 5.78 Å². The first-order valence-electron chi connectivity index (χ1n) is 8.41. The Balaban J connectivity index is 1.84. The summed E-state index contributed by atoms with van der Waals surface area (Å²) in [5.74, 6) is 0.793. The molecule has 1 fully saturated rings. The molecular formula is C21H19NO4. The minimum absolute atomic E-state index is 0.0393. The molecule has 0 radical (unpaired) electrons. The topological polar surface area (TPSA) is 69.4 Å². The standard InChI is InChI=1S/C21H19NO4/c1-26-20-7-2-4-16(14-20)13-18-6-3-5-17(21(18)23)12-15-8-10-19(11-9-15)22(24)25/h2,4,7-14H,3,5-6H2,1H3/b17-12+,18-13+. The fourth-order valence-electron chi connectivity index (χ4n) is 3.00. The van der Waals surface area contributed by atoms with Gasteiger partial charge in [-0.3, -0.25) is 14.9 Å². The third-order valence-electron chi connectivity index (χ3n) is 4.36. The quantitative estimate of drug-likeness (QED) is 0.451. The van der Waals surface area contributed by atoms with Crippen molar-refractivity contribution in [1.29, 1.82) is 0 Å². The van der Waals surface area contributed by atoms with E-state index in [1.165, 1.54) is 12.1 Å². The van der Waals surface area contributed by atoms with E-state index in [1.807, 2.05) is 36.4 Å². The van der Waals surface area contributed by atoms with E-state index in [-0.39, 0.29) is 11.5 Å². The Hall–Kier alpha value is -3.21. The fraction of sp³-hybridized carbons (Fsp3) is 0.190. The van der Waals surface area contributed by atoms with Gasteiger partial charge in [0, 0.05) is 23.3 Å². The number of allylic oxidation sites excluding steroid dienone is 2. The predicted octanol–water partition coefficient (Wildman–Crippen LogP) is 4.82. The lowest BCUT2D eigenvalue weighted by Crippen LogP contribution is -2.12. The molecule has 26 heavy (non-hydrogen) atoms. The molecule has 132 valence electrons. The van der Waals surface area contributed by atoms with Gasteiger partial charge in [0.05, 0.1) is 12.0 Å². The van der Waals surface area contributed by atoms with Crippen molar-refractivity contribution in [2.45, 2.75) is 19.3 Å². The van der Waals surface area contributed by atoms with Gasteiger partial charge < -0.3 is 4.74 Å². The fourth-order valence-corrected chi connectivity index (χ4v) is 3.00. The van der Waals surface area contributed by atoms with E-state index in [0.717, 1.165) is 40.9 Å². The van der Waals surface area contributed by atoms with E-state index < -0.39 is 4.92 Å². The molecule has 0 bridgehead atoms. The molecule has 1 aliphatic carbocycles. The molecular weight excluding hydrogens is 330 g/mol. The number of carbonyl (C=O) groups excluding carboxylic acids is 1. The molecule has 0 aromatic heterocycles. The molecule has 0 amide bonds. The summed E-state index contributed by atoms with van der Waals surface area (Å²) in [4.78, 5) is 23.1. The summed E-state index contributed by atoms with van der Waals surface area (Å²) >= 11 is 0. The molecule has 2 aromatic carbocycles. The Labute approximate surface area is 151 Å². The van der Waals surface area contributed by atoms with Crippen LogP contribution in [0.3, 0.4) is 0 Å². The van der Waals surface area contributed by atoms with Gasteiger partial charge in [0.1, 0.15) is 5.75 Å². The first-order chi connectivity index (χ1) is 12.6. The molecule has 0 heterocycles. The summed E-state index contributed by atoms with van der Waals surface area (Å²) in [6.07, 6.45) is 6.09. The van der Waals surface area contributed by atoms with E-state index in [1.54, 1.807) is 19.2 Å². The number of Topliss-reactive ketones (excluding diaryl/α,β-unsaturated/α-hetero) is 1. The molecule has 2 aromatic rings. The van der Waals surface area contributed by atoms with Gasteiger partial charge in [-0.1, -0.05) is 12.1 Å². The number of hydrogen-bond acceptors (Lipinski definition) is 4. The van der Waals surface area contributed by atoms with Gasteiger partial charge in [0.25, 0.3) is 5.69 Å². The van der Waals surface area contributed by atoms with Crippen molar-refractivity contribution in [1.82, 2.24) is 0 Å². The summed E-state index contributed by atoms with van der Waals surface area (Å²) in [6, 6.07) is 13.8. The lowest BCUT2D eigenvalue weighted by molar-refractivity contribution is -0.384. The summed E-state index contributed by atoms with van der Waals surface area (Å²) in [5.41, 5.74) is 3.28. The number of non-ortho nitro benzene ring substituents is 1. The maximum atomic E-state index is 12.8. The van der Waals surface area contributed by atoms with Crippen LogP contribution in [0, 0.1) is 10.1 Å². The molecule has 0 N–H and O–H groups in total. The number of hydrogen-bond donors (Lipinski definition) is 0. The number of rotatable bonds is 4. The van der Waals surface area contributed by atoms with E-state index >= 15 is 0 Å². The monoisotopic (exact) mass is 349 g/mol. The van der Waals surface area contributed by atoms with Crippen molar-refractivity contribution in [2.75, 3.05) is 7.11 Å². The van der Waals surface area contributed by atoms with Crippen LogP contribution in [-0.4, -0.2) is 17.8 Å². The van der Waals surface area contributed by atoms with Gasteiger partial charge >= 0.3 is 0 Å². The largest absolute Gasteiger partial charge is 0.497 e. The molecule has 5 nitrogen and oxygen atoms in total. The number of benzene rings is 2. The maximum Gasteiger partial charge on any atom is 0.269 e. The van der Waals surface area contributed by atoms with E-state index in [4.69, 9.17) is 4.74 Å². The van der Waals surface area contributed by atoms with Crippen molar-refractivity contribution in [3.63, 3.8) is 0 Å². The van der Waals surface area contributed by atoms with Crippen molar-refractivity contribution in [3.8, 4) is 5.75 Å². The Morgan fingerprint density at radius 3 is 2.27 bits per heavy atom. The smallest absolute Gasteiger partial charge is 0.269 e. The van der Waals surface area contributed by atoms with E-state index in [9.17, 15) is 14.9 Å². The number of nitro benzene ring substituents is 1. The Kier molecular flexibility index (Phi) is 5.27. The highest BCUT2D eigenvalue weighted by Crippen LogP contribution is 2.29. The average Bonchev–Trinajstić information content (AvgIpc) is 2.65. The van der Waals surface area contributed by atoms with E-state index in [2.05, 4.69) is 0 Å². The van der Waals surface area contributed by atoms with Crippen LogP contribution >= 0.6 is 0 Å². The maximum absolute atomic E-state index is 12.8. The van der Waals surface area contributed by atoms with Crippen molar-refractivity contribution in [2.24, 2.45) is 0 Å². The Morgan fingerprint density at radius 2 is 1.65 bits per heavy atom. The zero-order valence-corrected chi connectivity index (χ0v) is 14.5. The number of nitro groups is 1. The van der Waals surface area contributed by atoms with Gasteiger partial charge in [0.2, 0.25) is 0 Å². The highest BCUT2D eigenvalue weighted by Gasteiger charge is 2.20. The van der Waals surface area contributed by atoms with Crippen LogP contribution in [-0.2, 0) is 4.79 Å². The third-order valence-corrected chi connectivity index (χ3v) is 4.36. The van der Waals surface area contributed by atoms with Crippen LogP contribution in [0.15, 0.2) is 59.7 Å². The molecule has 0 spiro atoms. The van der Waals surface area contributed by atoms with Crippen molar-refractivity contribution in [3.05, 3.63) is 80.9 Å². The molecule has 5 heteroatoms. The second kappa shape index (κ2) is 7.78. The van der Waals surface area contributed by atoms with Crippen molar-refractivity contribution < 1.29 is 14.5 Å². The van der Waals surface area contributed by atoms with E-state index in [0.29, 0.717) is 6.42 Å². The molecule has 1 saturated carbocycles. The third kappa shape index (κ3) is 4.06. The molecule has 0 saturated heterocycles. The molecule has 1 aliphatic rings. The average molecular weight is 349 g/mol. The number of ether oxygens (including phenoxy) is 1. The summed E-state index contributed by atoms with van der Waals surface area (Å²) in [7, 11) is 1.61. The number of nitrogens with zero attached hydrogens (tertiary/aromatic N) is 1. The predicted molar refractivity (Wildman–Crippen MR) is 101 cm³/mol. The normalized spacial score (nSPS) is 17.5. The zero-order chi connectivity index (χ0) is 18.5. The van der Waals surface area contributed by atoms with Gasteiger partial charge in [-0.25, -0.2) is 0 Å². The van der Waals surface area contributed by atoms with Gasteiger partial charge in [-0.2, -0.15) is 0 Å². The second-order valence-electron chi connectivity index (χ2n) is 6.15. The highest BCUT2D eigenvalue weighted by atomic mass is 16.6. The first-order valence-corrected chi connectivity index (χ1v) is 8.41. The second-order valence-corrected chi connectivity index (χ2v) is 6.15. The summed E-state index contributed by atoms with van der Waals surface area (Å²) in [5, 5.41) is 10.7. The SMILES string of the molecule is COc1cccc(/C=C2\CCC/C(=C\c3ccc([N+](=O)[O-])cc3)C2=O)c1. The molecule has 0 aliphatic heterocycles. The van der Waals surface area contributed by atoms with Crippen LogP contribution < -0.4 is 4.74 Å². The lowest BCUT2D eigenvalue weighted by Gasteiger charge is -2.16. The Morgan fingerprint density at radius 1 is 1.00 bits per heavy atom. The minimum atomic E-state index is -0.433. The van der Waals surface area contributed by atoms with Crippen LogP contribution in [0.4, 0.5) is 5.69 Å². The highest BCUT2D eigenvalue weighted by molar-refractivity contribution is 6.13. The molecule has 3 rings (SSSR count). The summed E-state index contributed by atoms with van der Waals surface area (Å²) < 4.78 is 5.22. The molecule has 0 unspecified atom stereocenters. The van der Waals surface area contributed by atoms with Crippen LogP contribution in [0.1, 0.15) is 30.4 Å². The first kappa shape index (κ1) is 17.6. The van der Waals surface area contributed by atoms with Crippen LogP contribution in [0.5, 0.6) is 5.75 Å². The zero-order valence-electron chi connectivity index (χ0n) is 14.5. The van der Waals surface area contributed by atoms with Crippen LogP contribution in [0.2, 0.25) is 0 Å².